The first-order valence-electron chi connectivity index (χ1n) is 4.52. The fraction of sp³-hybridized carbons (Fsp3) is 0.889. The van der Waals surface area contributed by atoms with Gasteiger partial charge < -0.3 is 10.1 Å². The van der Waals surface area contributed by atoms with E-state index < -0.39 is 0 Å². The summed E-state index contributed by atoms with van der Waals surface area (Å²) in [4.78, 5) is 10.7. The first kappa shape index (κ1) is 9.52. The number of amides is 1. The number of methoxy groups -OCH3 is 1. The Balaban J connectivity index is 2.21. The summed E-state index contributed by atoms with van der Waals surface area (Å²) in [7, 11) is 1.75. The van der Waals surface area contributed by atoms with Crippen LogP contribution in [0.25, 0.3) is 0 Å². The maximum atomic E-state index is 10.7. The molecule has 1 rings (SSSR count). The Labute approximate surface area is 73.5 Å². The van der Waals surface area contributed by atoms with E-state index in [0.717, 1.165) is 25.7 Å². The van der Waals surface area contributed by atoms with Gasteiger partial charge in [0.15, 0.2) is 0 Å². The molecule has 3 nitrogen and oxygen atoms in total. The molecule has 70 valence electrons. The van der Waals surface area contributed by atoms with E-state index in [2.05, 4.69) is 5.32 Å². The molecule has 0 aromatic heterocycles. The average molecular weight is 171 g/mol. The second-order valence-corrected chi connectivity index (χ2v) is 3.41. The number of hydrogen-bond donors (Lipinski definition) is 1. The SMILES string of the molecule is CO[C@H]1CC[C@@H](NC(C)=O)CC1. The highest BCUT2D eigenvalue weighted by molar-refractivity contribution is 5.73. The van der Waals surface area contributed by atoms with Crippen molar-refractivity contribution in [3.05, 3.63) is 0 Å². The van der Waals surface area contributed by atoms with Crippen molar-refractivity contribution in [2.45, 2.75) is 44.8 Å². The van der Waals surface area contributed by atoms with Gasteiger partial charge >= 0.3 is 0 Å². The lowest BCUT2D eigenvalue weighted by molar-refractivity contribution is -0.120. The summed E-state index contributed by atoms with van der Waals surface area (Å²) in [5.41, 5.74) is 0. The molecule has 1 fully saturated rings. The molecule has 3 heteroatoms. The Morgan fingerprint density at radius 2 is 1.92 bits per heavy atom. The molecule has 1 N–H and O–H groups in total. The van der Waals surface area contributed by atoms with Crippen LogP contribution in [0.4, 0.5) is 0 Å². The van der Waals surface area contributed by atoms with E-state index in [9.17, 15) is 4.79 Å². The molecule has 0 spiro atoms. The quantitative estimate of drug-likeness (QED) is 0.675. The smallest absolute Gasteiger partial charge is 0.217 e. The number of nitrogens with one attached hydrogen (secondary N) is 1. The van der Waals surface area contributed by atoms with Gasteiger partial charge in [-0.3, -0.25) is 4.79 Å². The lowest BCUT2D eigenvalue weighted by atomic mass is 9.93. The molecule has 1 saturated carbocycles. The molecule has 1 aliphatic carbocycles. The molecular formula is C9H17NO2. The summed E-state index contributed by atoms with van der Waals surface area (Å²) in [6.45, 7) is 1.57. The predicted molar refractivity (Wildman–Crippen MR) is 46.9 cm³/mol. The molecule has 0 radical (unpaired) electrons. The Morgan fingerprint density at radius 3 is 2.33 bits per heavy atom. The van der Waals surface area contributed by atoms with Crippen molar-refractivity contribution in [1.82, 2.24) is 5.32 Å². The van der Waals surface area contributed by atoms with Crippen LogP contribution in [0.3, 0.4) is 0 Å². The van der Waals surface area contributed by atoms with Crippen molar-refractivity contribution in [3.63, 3.8) is 0 Å². The molecule has 0 aliphatic heterocycles. The van der Waals surface area contributed by atoms with Crippen LogP contribution in [0.15, 0.2) is 0 Å². The van der Waals surface area contributed by atoms with E-state index in [4.69, 9.17) is 4.74 Å². The molecule has 0 aromatic rings. The zero-order valence-electron chi connectivity index (χ0n) is 7.80. The largest absolute Gasteiger partial charge is 0.381 e. The van der Waals surface area contributed by atoms with Crippen molar-refractivity contribution in [2.75, 3.05) is 7.11 Å². The highest BCUT2D eigenvalue weighted by Crippen LogP contribution is 2.20. The van der Waals surface area contributed by atoms with Crippen LogP contribution < -0.4 is 5.32 Å². The van der Waals surface area contributed by atoms with Gasteiger partial charge in [-0.1, -0.05) is 0 Å². The molecule has 0 saturated heterocycles. The maximum Gasteiger partial charge on any atom is 0.217 e. The molecule has 0 aromatic carbocycles. The van der Waals surface area contributed by atoms with Gasteiger partial charge in [0.1, 0.15) is 0 Å². The summed E-state index contributed by atoms with van der Waals surface area (Å²) < 4.78 is 5.23. The van der Waals surface area contributed by atoms with E-state index in [-0.39, 0.29) is 5.91 Å². The second kappa shape index (κ2) is 4.45. The van der Waals surface area contributed by atoms with E-state index in [0.29, 0.717) is 12.1 Å². The third-order valence-electron chi connectivity index (χ3n) is 2.41. The van der Waals surface area contributed by atoms with Gasteiger partial charge in [0, 0.05) is 20.1 Å². The Hall–Kier alpha value is -0.570. The van der Waals surface area contributed by atoms with E-state index in [1.165, 1.54) is 0 Å². The first-order valence-corrected chi connectivity index (χ1v) is 4.52. The van der Waals surface area contributed by atoms with Gasteiger partial charge in [0.05, 0.1) is 6.10 Å². The van der Waals surface area contributed by atoms with Crippen molar-refractivity contribution in [3.8, 4) is 0 Å². The molecule has 1 amide bonds. The van der Waals surface area contributed by atoms with E-state index in [1.54, 1.807) is 14.0 Å². The van der Waals surface area contributed by atoms with Crippen molar-refractivity contribution in [1.29, 1.82) is 0 Å². The van der Waals surface area contributed by atoms with Gasteiger partial charge in [-0.15, -0.1) is 0 Å². The Morgan fingerprint density at radius 1 is 1.33 bits per heavy atom. The fourth-order valence-electron chi connectivity index (χ4n) is 1.73. The normalized spacial score (nSPS) is 29.8. The molecule has 0 bridgehead atoms. The standard InChI is InChI=1S/C9H17NO2/c1-7(11)10-8-3-5-9(12-2)6-4-8/h8-9H,3-6H2,1-2H3,(H,10,11)/t8-,9+. The number of carbonyl (C=O) groups is 1. The maximum absolute atomic E-state index is 10.7. The van der Waals surface area contributed by atoms with Crippen LogP contribution in [-0.2, 0) is 9.53 Å². The number of carbonyl (C=O) groups excluding carboxylic acids is 1. The van der Waals surface area contributed by atoms with Crippen LogP contribution in [0.1, 0.15) is 32.6 Å². The molecular weight excluding hydrogens is 154 g/mol. The average Bonchev–Trinajstić information content (AvgIpc) is 2.05. The van der Waals surface area contributed by atoms with Gasteiger partial charge in [0.2, 0.25) is 5.91 Å². The van der Waals surface area contributed by atoms with E-state index in [1.807, 2.05) is 0 Å². The van der Waals surface area contributed by atoms with Crippen LogP contribution in [0.2, 0.25) is 0 Å². The molecule has 0 heterocycles. The summed E-state index contributed by atoms with van der Waals surface area (Å²) in [5, 5.41) is 2.93. The van der Waals surface area contributed by atoms with Gasteiger partial charge in [0.25, 0.3) is 0 Å². The highest BCUT2D eigenvalue weighted by Gasteiger charge is 2.20. The number of ether oxygens (including phenoxy) is 1. The molecule has 12 heavy (non-hydrogen) atoms. The van der Waals surface area contributed by atoms with E-state index >= 15 is 0 Å². The number of rotatable bonds is 2. The topological polar surface area (TPSA) is 38.3 Å². The van der Waals surface area contributed by atoms with Gasteiger partial charge in [-0.05, 0) is 25.7 Å². The third kappa shape index (κ3) is 2.81. The lowest BCUT2D eigenvalue weighted by Crippen LogP contribution is -2.37. The molecule has 0 atom stereocenters. The molecule has 1 aliphatic rings. The summed E-state index contributed by atoms with van der Waals surface area (Å²) >= 11 is 0. The predicted octanol–water partition coefficient (Wildman–Crippen LogP) is 1.08. The molecule has 0 unspecified atom stereocenters. The number of hydrogen-bond acceptors (Lipinski definition) is 2. The minimum absolute atomic E-state index is 0.0795. The lowest BCUT2D eigenvalue weighted by Gasteiger charge is -2.27. The van der Waals surface area contributed by atoms with Crippen LogP contribution in [0, 0.1) is 0 Å². The highest BCUT2D eigenvalue weighted by atomic mass is 16.5. The summed E-state index contributed by atoms with van der Waals surface area (Å²) in [6.07, 6.45) is 4.66. The van der Waals surface area contributed by atoms with Crippen molar-refractivity contribution in [2.24, 2.45) is 0 Å². The minimum Gasteiger partial charge on any atom is -0.381 e. The Kier molecular flexibility index (Phi) is 3.53. The van der Waals surface area contributed by atoms with Gasteiger partial charge in [-0.2, -0.15) is 0 Å². The third-order valence-corrected chi connectivity index (χ3v) is 2.41. The zero-order chi connectivity index (χ0) is 8.97. The monoisotopic (exact) mass is 171 g/mol. The van der Waals surface area contributed by atoms with Crippen molar-refractivity contribution < 1.29 is 9.53 Å². The van der Waals surface area contributed by atoms with Crippen molar-refractivity contribution >= 4 is 5.91 Å². The Bertz CT molecular complexity index is 151. The fourth-order valence-corrected chi connectivity index (χ4v) is 1.73. The van der Waals surface area contributed by atoms with Gasteiger partial charge in [-0.25, -0.2) is 0 Å². The zero-order valence-corrected chi connectivity index (χ0v) is 7.80. The summed E-state index contributed by atoms with van der Waals surface area (Å²) in [6, 6.07) is 0.383. The van der Waals surface area contributed by atoms with Crippen LogP contribution in [0.5, 0.6) is 0 Å². The van der Waals surface area contributed by atoms with Crippen LogP contribution in [-0.4, -0.2) is 25.2 Å². The van der Waals surface area contributed by atoms with Crippen LogP contribution >= 0.6 is 0 Å². The minimum atomic E-state index is 0.0795. The first-order chi connectivity index (χ1) is 5.72. The second-order valence-electron chi connectivity index (χ2n) is 3.41. The summed E-state index contributed by atoms with van der Waals surface area (Å²) in [5.74, 6) is 0.0795.